The van der Waals surface area contributed by atoms with E-state index < -0.39 is 0 Å². The number of hydrogen-bond acceptors (Lipinski definition) is 4. The van der Waals surface area contributed by atoms with E-state index in [4.69, 9.17) is 5.73 Å². The van der Waals surface area contributed by atoms with E-state index in [9.17, 15) is 4.79 Å². The Bertz CT molecular complexity index is 901. The van der Waals surface area contributed by atoms with Crippen LogP contribution >= 0.6 is 0 Å². The van der Waals surface area contributed by atoms with Gasteiger partial charge < -0.3 is 16.4 Å². The van der Waals surface area contributed by atoms with Crippen molar-refractivity contribution in [2.24, 2.45) is 0 Å². The fraction of sp³-hybridized carbons (Fsp3) is 0.389. The van der Waals surface area contributed by atoms with Crippen LogP contribution in [0.1, 0.15) is 26.0 Å². The van der Waals surface area contributed by atoms with Gasteiger partial charge in [0.15, 0.2) is 5.82 Å². The number of carbonyl (C=O) groups is 1. The van der Waals surface area contributed by atoms with Crippen molar-refractivity contribution in [2.75, 3.05) is 18.8 Å². The van der Waals surface area contributed by atoms with Gasteiger partial charge in [-0.15, -0.1) is 0 Å². The Morgan fingerprint density at radius 1 is 1.24 bits per heavy atom. The molecule has 2 aromatic heterocycles. The lowest BCUT2D eigenvalue weighted by molar-refractivity contribution is 0.241. The molecule has 0 unspecified atom stereocenters. The minimum Gasteiger partial charge on any atom is -0.382 e. The predicted octanol–water partition coefficient (Wildman–Crippen LogP) is 2.44. The summed E-state index contributed by atoms with van der Waals surface area (Å²) in [6, 6.07) is 7.79. The SMILES string of the molecule is CCCn1nc2c(N)nc3ccccc3c2c1CCNC(=O)NCC. The van der Waals surface area contributed by atoms with Gasteiger partial charge in [0, 0.05) is 42.5 Å². The van der Waals surface area contributed by atoms with Crippen LogP contribution in [0.4, 0.5) is 10.6 Å². The van der Waals surface area contributed by atoms with Gasteiger partial charge in [-0.2, -0.15) is 5.10 Å². The number of nitrogen functional groups attached to an aromatic ring is 1. The number of amides is 2. The number of para-hydroxylation sites is 1. The molecule has 132 valence electrons. The summed E-state index contributed by atoms with van der Waals surface area (Å²) in [6.45, 7) is 5.95. The molecule has 0 saturated carbocycles. The lowest BCUT2D eigenvalue weighted by Gasteiger charge is -2.09. The summed E-state index contributed by atoms with van der Waals surface area (Å²) in [4.78, 5) is 16.1. The number of anilines is 1. The molecule has 0 saturated heterocycles. The topological polar surface area (TPSA) is 97.9 Å². The first-order valence-corrected chi connectivity index (χ1v) is 8.71. The summed E-state index contributed by atoms with van der Waals surface area (Å²) in [5, 5.41) is 12.4. The number of urea groups is 1. The van der Waals surface area contributed by atoms with Crippen molar-refractivity contribution >= 4 is 33.7 Å². The number of aromatic nitrogens is 3. The molecule has 0 radical (unpaired) electrons. The van der Waals surface area contributed by atoms with E-state index in [-0.39, 0.29) is 6.03 Å². The molecule has 0 bridgehead atoms. The molecule has 0 fully saturated rings. The lowest BCUT2D eigenvalue weighted by atomic mass is 10.1. The van der Waals surface area contributed by atoms with Crippen molar-refractivity contribution in [3.05, 3.63) is 30.0 Å². The Labute approximate surface area is 146 Å². The summed E-state index contributed by atoms with van der Waals surface area (Å²) in [5.41, 5.74) is 8.83. The van der Waals surface area contributed by atoms with Gasteiger partial charge in [0.1, 0.15) is 5.52 Å². The van der Waals surface area contributed by atoms with Gasteiger partial charge >= 0.3 is 6.03 Å². The number of pyridine rings is 1. The van der Waals surface area contributed by atoms with E-state index in [1.165, 1.54) is 0 Å². The van der Waals surface area contributed by atoms with Crippen molar-refractivity contribution in [1.29, 1.82) is 0 Å². The molecule has 7 nitrogen and oxygen atoms in total. The molecule has 3 aromatic rings. The van der Waals surface area contributed by atoms with E-state index in [2.05, 4.69) is 27.6 Å². The Kier molecular flexibility index (Phi) is 5.02. The van der Waals surface area contributed by atoms with Crippen molar-refractivity contribution in [2.45, 2.75) is 33.2 Å². The number of nitrogens with zero attached hydrogens (tertiary/aromatic N) is 3. The maximum atomic E-state index is 11.6. The Morgan fingerprint density at radius 3 is 2.80 bits per heavy atom. The smallest absolute Gasteiger partial charge is 0.314 e. The highest BCUT2D eigenvalue weighted by atomic mass is 16.2. The first-order valence-electron chi connectivity index (χ1n) is 8.71. The number of rotatable bonds is 6. The average molecular weight is 340 g/mol. The molecule has 4 N–H and O–H groups in total. The summed E-state index contributed by atoms with van der Waals surface area (Å²) in [7, 11) is 0. The first-order chi connectivity index (χ1) is 12.2. The minimum atomic E-state index is -0.153. The van der Waals surface area contributed by atoms with Crippen LogP contribution in [0.15, 0.2) is 24.3 Å². The molecule has 0 spiro atoms. The van der Waals surface area contributed by atoms with Crippen molar-refractivity contribution < 1.29 is 4.79 Å². The van der Waals surface area contributed by atoms with Gasteiger partial charge in [-0.3, -0.25) is 4.68 Å². The van der Waals surface area contributed by atoms with Gasteiger partial charge in [0.2, 0.25) is 0 Å². The number of nitrogens with one attached hydrogen (secondary N) is 2. The van der Waals surface area contributed by atoms with Crippen LogP contribution in [0.3, 0.4) is 0 Å². The van der Waals surface area contributed by atoms with Crippen molar-refractivity contribution in [3.8, 4) is 0 Å². The van der Waals surface area contributed by atoms with Crippen molar-refractivity contribution in [3.63, 3.8) is 0 Å². The van der Waals surface area contributed by atoms with E-state index in [0.717, 1.165) is 40.5 Å². The van der Waals surface area contributed by atoms with E-state index in [1.807, 2.05) is 35.9 Å². The molecule has 0 atom stereocenters. The van der Waals surface area contributed by atoms with Gasteiger partial charge in [-0.05, 0) is 19.4 Å². The Hall–Kier alpha value is -2.83. The Morgan fingerprint density at radius 2 is 2.04 bits per heavy atom. The number of fused-ring (bicyclic) bond motifs is 3. The first kappa shape index (κ1) is 17.0. The van der Waals surface area contributed by atoms with E-state index >= 15 is 0 Å². The Balaban J connectivity index is 2.04. The number of hydrogen-bond donors (Lipinski definition) is 3. The van der Waals surface area contributed by atoms with E-state index in [0.29, 0.717) is 25.3 Å². The van der Waals surface area contributed by atoms with Crippen LogP contribution in [-0.2, 0) is 13.0 Å². The highest BCUT2D eigenvalue weighted by molar-refractivity contribution is 6.09. The fourth-order valence-corrected chi connectivity index (χ4v) is 3.09. The van der Waals surface area contributed by atoms with Crippen LogP contribution in [0, 0.1) is 0 Å². The summed E-state index contributed by atoms with van der Waals surface area (Å²) in [5.74, 6) is 0.446. The second kappa shape index (κ2) is 7.38. The average Bonchev–Trinajstić information content (AvgIpc) is 2.95. The second-order valence-corrected chi connectivity index (χ2v) is 5.94. The largest absolute Gasteiger partial charge is 0.382 e. The molecule has 0 aliphatic rings. The maximum absolute atomic E-state index is 11.6. The van der Waals surface area contributed by atoms with Gasteiger partial charge in [-0.25, -0.2) is 9.78 Å². The van der Waals surface area contributed by atoms with Crippen LogP contribution in [0.25, 0.3) is 21.8 Å². The third kappa shape index (κ3) is 3.35. The van der Waals surface area contributed by atoms with Crippen LogP contribution < -0.4 is 16.4 Å². The molecule has 7 heteroatoms. The van der Waals surface area contributed by atoms with Gasteiger partial charge in [0.05, 0.1) is 5.52 Å². The van der Waals surface area contributed by atoms with Crippen LogP contribution in [-0.4, -0.2) is 33.9 Å². The summed E-state index contributed by atoms with van der Waals surface area (Å²) >= 11 is 0. The molecule has 2 amide bonds. The van der Waals surface area contributed by atoms with Gasteiger partial charge in [0.25, 0.3) is 0 Å². The standard InChI is InChI=1S/C18H24N6O/c1-3-11-24-14(9-10-21-18(25)20-4-2)15-12-7-5-6-8-13(12)22-17(19)16(15)23-24/h5-8H,3-4,9-11H2,1-2H3,(H2,19,22)(H2,20,21,25). The normalized spacial score (nSPS) is 11.1. The number of aryl methyl sites for hydroxylation is 1. The monoisotopic (exact) mass is 340 g/mol. The minimum absolute atomic E-state index is 0.153. The lowest BCUT2D eigenvalue weighted by Crippen LogP contribution is -2.36. The number of carbonyl (C=O) groups excluding carboxylic acids is 1. The van der Waals surface area contributed by atoms with Crippen LogP contribution in [0.5, 0.6) is 0 Å². The molecule has 2 heterocycles. The number of benzene rings is 1. The highest BCUT2D eigenvalue weighted by Crippen LogP contribution is 2.30. The fourth-order valence-electron chi connectivity index (χ4n) is 3.09. The molecule has 1 aromatic carbocycles. The zero-order valence-electron chi connectivity index (χ0n) is 14.7. The zero-order valence-corrected chi connectivity index (χ0v) is 14.7. The second-order valence-electron chi connectivity index (χ2n) is 5.94. The van der Waals surface area contributed by atoms with Gasteiger partial charge in [-0.1, -0.05) is 25.1 Å². The summed E-state index contributed by atoms with van der Waals surface area (Å²) < 4.78 is 1.99. The molecule has 0 aliphatic carbocycles. The van der Waals surface area contributed by atoms with Crippen molar-refractivity contribution in [1.82, 2.24) is 25.4 Å². The quantitative estimate of drug-likeness (QED) is 0.642. The molecule has 25 heavy (non-hydrogen) atoms. The van der Waals surface area contributed by atoms with Crippen LogP contribution in [0.2, 0.25) is 0 Å². The highest BCUT2D eigenvalue weighted by Gasteiger charge is 2.17. The van der Waals surface area contributed by atoms with E-state index in [1.54, 1.807) is 0 Å². The maximum Gasteiger partial charge on any atom is 0.314 e. The zero-order chi connectivity index (χ0) is 17.8. The molecule has 0 aliphatic heterocycles. The third-order valence-corrected chi connectivity index (χ3v) is 4.13. The third-order valence-electron chi connectivity index (χ3n) is 4.13. The molecular formula is C18H24N6O. The molecular weight excluding hydrogens is 316 g/mol. The number of nitrogens with two attached hydrogens (primary N) is 1. The summed E-state index contributed by atoms with van der Waals surface area (Å²) in [6.07, 6.45) is 1.65. The predicted molar refractivity (Wildman–Crippen MR) is 101 cm³/mol. The molecule has 3 rings (SSSR count).